The Labute approximate surface area is 180 Å². The van der Waals surface area contributed by atoms with Crippen LogP contribution in [0.1, 0.15) is 26.5 Å². The molecule has 0 fully saturated rings. The molecule has 0 radical (unpaired) electrons. The number of halogens is 1. The van der Waals surface area contributed by atoms with E-state index in [9.17, 15) is 4.79 Å². The van der Waals surface area contributed by atoms with Gasteiger partial charge in [0.05, 0.1) is 29.7 Å². The van der Waals surface area contributed by atoms with Gasteiger partial charge in [-0.15, -0.1) is 11.3 Å². The molecule has 29 heavy (non-hydrogen) atoms. The zero-order valence-corrected chi connectivity index (χ0v) is 17.8. The lowest BCUT2D eigenvalue weighted by Gasteiger charge is -2.22. The molecule has 0 atom stereocenters. The van der Waals surface area contributed by atoms with Crippen LogP contribution in [0.15, 0.2) is 84.4 Å². The summed E-state index contributed by atoms with van der Waals surface area (Å²) in [6, 6.07) is 14.0. The van der Waals surface area contributed by atoms with Crippen LogP contribution in [0, 0.1) is 6.92 Å². The van der Waals surface area contributed by atoms with Crippen molar-refractivity contribution in [2.45, 2.75) is 20.0 Å². The molecule has 148 valence electrons. The predicted molar refractivity (Wildman–Crippen MR) is 121 cm³/mol. The van der Waals surface area contributed by atoms with E-state index in [2.05, 4.69) is 18.3 Å². The molecule has 0 saturated heterocycles. The van der Waals surface area contributed by atoms with E-state index >= 15 is 0 Å². The number of rotatable bonds is 8. The summed E-state index contributed by atoms with van der Waals surface area (Å²) in [6.07, 6.45) is 4.96. The molecule has 0 unspecified atom stereocenters. The first kappa shape index (κ1) is 20.8. The monoisotopic (exact) mass is 423 g/mol. The van der Waals surface area contributed by atoms with Crippen LogP contribution in [-0.2, 0) is 13.1 Å². The zero-order chi connectivity index (χ0) is 20.8. The molecular formula is C23H22ClN3OS. The summed E-state index contributed by atoms with van der Waals surface area (Å²) in [6.45, 7) is 10.5. The van der Waals surface area contributed by atoms with Crippen molar-refractivity contribution in [3.63, 3.8) is 0 Å². The minimum Gasteiger partial charge on any atom is -0.329 e. The van der Waals surface area contributed by atoms with Gasteiger partial charge in [0.2, 0.25) is 0 Å². The molecule has 0 aliphatic heterocycles. The van der Waals surface area contributed by atoms with E-state index in [4.69, 9.17) is 11.6 Å². The summed E-state index contributed by atoms with van der Waals surface area (Å²) in [5.74, 6) is -0.0652. The van der Waals surface area contributed by atoms with E-state index in [1.165, 1.54) is 0 Å². The third-order valence-corrected chi connectivity index (χ3v) is 5.39. The van der Waals surface area contributed by atoms with Gasteiger partial charge >= 0.3 is 0 Å². The molecule has 6 heteroatoms. The van der Waals surface area contributed by atoms with Gasteiger partial charge in [0, 0.05) is 16.5 Å². The van der Waals surface area contributed by atoms with Gasteiger partial charge in [0.25, 0.3) is 5.91 Å². The Morgan fingerprint density at radius 1 is 1.17 bits per heavy atom. The van der Waals surface area contributed by atoms with Gasteiger partial charge in [-0.2, -0.15) is 5.10 Å². The molecule has 1 aromatic carbocycles. The summed E-state index contributed by atoms with van der Waals surface area (Å²) >= 11 is 7.42. The first-order valence-electron chi connectivity index (χ1n) is 9.07. The summed E-state index contributed by atoms with van der Waals surface area (Å²) in [5.41, 5.74) is 2.97. The number of carbonyl (C=O) groups excluding carboxylic acids is 1. The Balaban J connectivity index is 1.87. The maximum Gasteiger partial charge on any atom is 0.257 e. The molecule has 0 bridgehead atoms. The van der Waals surface area contributed by atoms with Gasteiger partial charge < -0.3 is 4.90 Å². The number of hydrogen-bond donors (Lipinski definition) is 0. The number of allylic oxidation sites excluding steroid dienone is 4. The van der Waals surface area contributed by atoms with Gasteiger partial charge in [-0.3, -0.25) is 4.79 Å². The average Bonchev–Trinajstić information content (AvgIpc) is 3.35. The van der Waals surface area contributed by atoms with Crippen molar-refractivity contribution in [1.29, 1.82) is 0 Å². The SMILES string of the molecule is C=C(Cl)/C=C\C(=C)n1ncc(C(=O)N(Cc2ccccc2)Cc2cccs2)c1C. The number of thiophene rings is 1. The lowest BCUT2D eigenvalue weighted by molar-refractivity contribution is 0.0731. The fourth-order valence-corrected chi connectivity index (χ4v) is 3.71. The summed E-state index contributed by atoms with van der Waals surface area (Å²) < 4.78 is 1.63. The summed E-state index contributed by atoms with van der Waals surface area (Å²) in [7, 11) is 0. The highest BCUT2D eigenvalue weighted by atomic mass is 35.5. The molecule has 0 aliphatic rings. The second-order valence-electron chi connectivity index (χ2n) is 6.55. The molecule has 4 nitrogen and oxygen atoms in total. The Bertz CT molecular complexity index is 1040. The first-order chi connectivity index (χ1) is 14.0. The number of aromatic nitrogens is 2. The molecular weight excluding hydrogens is 402 g/mol. The van der Waals surface area contributed by atoms with Crippen LogP contribution >= 0.6 is 22.9 Å². The Hall–Kier alpha value is -2.89. The first-order valence-corrected chi connectivity index (χ1v) is 10.3. The highest BCUT2D eigenvalue weighted by Gasteiger charge is 2.22. The largest absolute Gasteiger partial charge is 0.329 e. The molecule has 0 spiro atoms. The van der Waals surface area contributed by atoms with Crippen LogP contribution in [0.25, 0.3) is 5.70 Å². The second kappa shape index (κ2) is 9.54. The summed E-state index contributed by atoms with van der Waals surface area (Å²) in [4.78, 5) is 16.4. The van der Waals surface area contributed by atoms with E-state index in [1.54, 1.807) is 34.4 Å². The normalized spacial score (nSPS) is 11.0. The van der Waals surface area contributed by atoms with Gasteiger partial charge in [-0.05, 0) is 36.1 Å². The van der Waals surface area contributed by atoms with Crippen LogP contribution in [0.3, 0.4) is 0 Å². The maximum atomic E-state index is 13.4. The topological polar surface area (TPSA) is 38.1 Å². The lowest BCUT2D eigenvalue weighted by atomic mass is 10.1. The number of benzene rings is 1. The Morgan fingerprint density at radius 2 is 1.93 bits per heavy atom. The third kappa shape index (κ3) is 5.34. The van der Waals surface area contributed by atoms with E-state index in [-0.39, 0.29) is 5.91 Å². The highest BCUT2D eigenvalue weighted by Crippen LogP contribution is 2.20. The Morgan fingerprint density at radius 3 is 2.59 bits per heavy atom. The number of nitrogens with zero attached hydrogens (tertiary/aromatic N) is 3. The molecule has 3 aromatic rings. The standard InChI is InChI=1S/C23H22ClN3OS/c1-17(24)11-12-18(2)27-19(3)22(14-25-27)23(28)26(16-21-10-7-13-29-21)15-20-8-5-4-6-9-20/h4-14H,1-2,15-16H2,3H3/b12-11-. The fraction of sp³-hybridized carbons (Fsp3) is 0.130. The third-order valence-electron chi connectivity index (χ3n) is 4.40. The van der Waals surface area contributed by atoms with Crippen LogP contribution in [0.5, 0.6) is 0 Å². The molecule has 0 N–H and O–H groups in total. The number of amides is 1. The van der Waals surface area contributed by atoms with Crippen molar-refractivity contribution in [3.05, 3.63) is 106 Å². The van der Waals surface area contributed by atoms with Gasteiger partial charge in [-0.1, -0.05) is 61.2 Å². The Kier molecular flexibility index (Phi) is 6.86. The van der Waals surface area contributed by atoms with Gasteiger partial charge in [-0.25, -0.2) is 4.68 Å². The van der Waals surface area contributed by atoms with E-state index in [1.807, 2.05) is 59.7 Å². The zero-order valence-electron chi connectivity index (χ0n) is 16.2. The molecule has 0 aliphatic carbocycles. The molecule has 2 heterocycles. The van der Waals surface area contributed by atoms with E-state index in [0.717, 1.165) is 16.1 Å². The number of carbonyl (C=O) groups is 1. The average molecular weight is 424 g/mol. The molecule has 3 rings (SSSR count). The van der Waals surface area contributed by atoms with Gasteiger partial charge in [0.15, 0.2) is 0 Å². The van der Waals surface area contributed by atoms with Crippen molar-refractivity contribution in [1.82, 2.24) is 14.7 Å². The maximum absolute atomic E-state index is 13.4. The van der Waals surface area contributed by atoms with Crippen LogP contribution in [-0.4, -0.2) is 20.6 Å². The van der Waals surface area contributed by atoms with Crippen molar-refractivity contribution in [2.24, 2.45) is 0 Å². The minimum absolute atomic E-state index is 0.0652. The molecule has 2 aromatic heterocycles. The fourth-order valence-electron chi connectivity index (χ4n) is 2.93. The lowest BCUT2D eigenvalue weighted by Crippen LogP contribution is -2.30. The van der Waals surface area contributed by atoms with E-state index < -0.39 is 0 Å². The predicted octanol–water partition coefficient (Wildman–Crippen LogP) is 5.88. The van der Waals surface area contributed by atoms with Crippen molar-refractivity contribution >= 4 is 34.5 Å². The minimum atomic E-state index is -0.0652. The molecule has 0 saturated carbocycles. The van der Waals surface area contributed by atoms with Crippen molar-refractivity contribution in [3.8, 4) is 0 Å². The van der Waals surface area contributed by atoms with Crippen LogP contribution in [0.2, 0.25) is 0 Å². The smallest absolute Gasteiger partial charge is 0.257 e. The quantitative estimate of drug-likeness (QED) is 0.424. The number of hydrogen-bond acceptors (Lipinski definition) is 3. The van der Waals surface area contributed by atoms with E-state index in [0.29, 0.717) is 29.4 Å². The van der Waals surface area contributed by atoms with Crippen molar-refractivity contribution in [2.75, 3.05) is 0 Å². The second-order valence-corrected chi connectivity index (χ2v) is 8.07. The van der Waals surface area contributed by atoms with Gasteiger partial charge in [0.1, 0.15) is 0 Å². The van der Waals surface area contributed by atoms with Crippen LogP contribution < -0.4 is 0 Å². The highest BCUT2D eigenvalue weighted by molar-refractivity contribution is 7.09. The van der Waals surface area contributed by atoms with Crippen molar-refractivity contribution < 1.29 is 4.79 Å². The molecule has 1 amide bonds. The van der Waals surface area contributed by atoms with Crippen LogP contribution in [0.4, 0.5) is 0 Å². The summed E-state index contributed by atoms with van der Waals surface area (Å²) in [5, 5.41) is 6.77.